The third kappa shape index (κ3) is 2.19. The van der Waals surface area contributed by atoms with E-state index in [1.807, 2.05) is 17.9 Å². The van der Waals surface area contributed by atoms with Crippen molar-refractivity contribution in [1.29, 1.82) is 0 Å². The van der Waals surface area contributed by atoms with Gasteiger partial charge in [-0.05, 0) is 6.92 Å². The predicted octanol–water partition coefficient (Wildman–Crippen LogP) is -0.993. The van der Waals surface area contributed by atoms with Crippen molar-refractivity contribution in [3.8, 4) is 0 Å². The number of hydrogen-bond acceptors (Lipinski definition) is 6. The first-order valence-corrected chi connectivity index (χ1v) is 5.03. The number of anilines is 2. The largest absolute Gasteiger partial charge is 0.353 e. The van der Waals surface area contributed by atoms with E-state index in [1.165, 1.54) is 0 Å². The Balaban J connectivity index is 2.24. The zero-order chi connectivity index (χ0) is 11.5. The summed E-state index contributed by atoms with van der Waals surface area (Å²) in [6, 6.07) is 1.83. The van der Waals surface area contributed by atoms with Crippen molar-refractivity contribution in [1.82, 2.24) is 15.3 Å². The number of rotatable bonds is 2. The van der Waals surface area contributed by atoms with Gasteiger partial charge in [0.2, 0.25) is 11.9 Å². The molecule has 0 aliphatic carbocycles. The maximum atomic E-state index is 11.2. The van der Waals surface area contributed by atoms with Gasteiger partial charge in [0.15, 0.2) is 0 Å². The Morgan fingerprint density at radius 3 is 3.06 bits per heavy atom. The SMILES string of the molecule is Cc1cc(N2CCNC(=O)C2)nc(NN)n1. The second-order valence-corrected chi connectivity index (χ2v) is 3.61. The molecule has 0 aromatic carbocycles. The summed E-state index contributed by atoms with van der Waals surface area (Å²) in [5, 5.41) is 2.76. The number of hydrazine groups is 1. The van der Waals surface area contributed by atoms with Gasteiger partial charge < -0.3 is 10.2 Å². The highest BCUT2D eigenvalue weighted by Gasteiger charge is 2.18. The maximum absolute atomic E-state index is 11.2. The Bertz CT molecular complexity index is 407. The fraction of sp³-hybridized carbons (Fsp3) is 0.444. The summed E-state index contributed by atoms with van der Waals surface area (Å²) in [4.78, 5) is 21.4. The summed E-state index contributed by atoms with van der Waals surface area (Å²) in [7, 11) is 0. The van der Waals surface area contributed by atoms with Crippen LogP contribution in [0.3, 0.4) is 0 Å². The predicted molar refractivity (Wildman–Crippen MR) is 59.8 cm³/mol. The van der Waals surface area contributed by atoms with Crippen LogP contribution < -0.4 is 21.5 Å². The lowest BCUT2D eigenvalue weighted by Crippen LogP contribution is -2.48. The summed E-state index contributed by atoms with van der Waals surface area (Å²) in [6.07, 6.45) is 0. The van der Waals surface area contributed by atoms with E-state index in [9.17, 15) is 4.79 Å². The number of nitrogens with two attached hydrogens (primary N) is 1. The Kier molecular flexibility index (Phi) is 2.86. The van der Waals surface area contributed by atoms with Gasteiger partial charge in [-0.15, -0.1) is 0 Å². The standard InChI is InChI=1S/C9H14N6O/c1-6-4-7(13-9(12-6)14-10)15-3-2-11-8(16)5-15/h4H,2-3,5,10H2,1H3,(H,11,16)(H,12,13,14). The molecule has 4 N–H and O–H groups in total. The molecule has 86 valence electrons. The smallest absolute Gasteiger partial charge is 0.239 e. The second kappa shape index (κ2) is 4.31. The lowest BCUT2D eigenvalue weighted by Gasteiger charge is -2.27. The number of aromatic nitrogens is 2. The van der Waals surface area contributed by atoms with Crippen molar-refractivity contribution >= 4 is 17.7 Å². The molecule has 2 heterocycles. The average molecular weight is 222 g/mol. The van der Waals surface area contributed by atoms with E-state index >= 15 is 0 Å². The lowest BCUT2D eigenvalue weighted by atomic mass is 10.3. The minimum Gasteiger partial charge on any atom is -0.353 e. The Hall–Kier alpha value is -1.89. The van der Waals surface area contributed by atoms with Crippen molar-refractivity contribution in [2.45, 2.75) is 6.92 Å². The minimum atomic E-state index is 0.00442. The van der Waals surface area contributed by atoms with E-state index in [2.05, 4.69) is 20.7 Å². The molecule has 1 amide bonds. The van der Waals surface area contributed by atoms with Crippen molar-refractivity contribution < 1.29 is 4.79 Å². The highest BCUT2D eigenvalue weighted by molar-refractivity contribution is 5.82. The molecule has 1 saturated heterocycles. The molecule has 0 unspecified atom stereocenters. The molecule has 16 heavy (non-hydrogen) atoms. The fourth-order valence-electron chi connectivity index (χ4n) is 1.61. The van der Waals surface area contributed by atoms with Gasteiger partial charge in [0.05, 0.1) is 6.54 Å². The van der Waals surface area contributed by atoms with Crippen molar-refractivity contribution in [3.63, 3.8) is 0 Å². The highest BCUT2D eigenvalue weighted by Crippen LogP contribution is 2.14. The number of piperazine rings is 1. The molecular formula is C9H14N6O. The normalized spacial score (nSPS) is 15.9. The molecule has 1 aliphatic heterocycles. The van der Waals surface area contributed by atoms with Crippen LogP contribution in [-0.4, -0.2) is 35.5 Å². The summed E-state index contributed by atoms with van der Waals surface area (Å²) < 4.78 is 0. The van der Waals surface area contributed by atoms with E-state index < -0.39 is 0 Å². The van der Waals surface area contributed by atoms with Crippen LogP contribution in [0.25, 0.3) is 0 Å². The van der Waals surface area contributed by atoms with Gasteiger partial charge in [-0.2, -0.15) is 4.98 Å². The molecule has 1 aromatic rings. The van der Waals surface area contributed by atoms with Gasteiger partial charge in [-0.1, -0.05) is 0 Å². The van der Waals surface area contributed by atoms with Crippen LogP contribution in [0.1, 0.15) is 5.69 Å². The van der Waals surface area contributed by atoms with Crippen LogP contribution in [0.2, 0.25) is 0 Å². The number of carbonyl (C=O) groups excluding carboxylic acids is 1. The third-order valence-corrected chi connectivity index (χ3v) is 2.33. The average Bonchev–Trinajstić information content (AvgIpc) is 2.28. The van der Waals surface area contributed by atoms with E-state index in [4.69, 9.17) is 5.84 Å². The van der Waals surface area contributed by atoms with E-state index in [0.717, 1.165) is 18.1 Å². The maximum Gasteiger partial charge on any atom is 0.239 e. The van der Waals surface area contributed by atoms with E-state index in [-0.39, 0.29) is 5.91 Å². The summed E-state index contributed by atoms with van der Waals surface area (Å²) in [5.41, 5.74) is 3.22. The first-order valence-electron chi connectivity index (χ1n) is 5.03. The molecule has 1 aromatic heterocycles. The Morgan fingerprint density at radius 2 is 2.38 bits per heavy atom. The number of nitrogen functional groups attached to an aromatic ring is 1. The molecule has 0 radical (unpaired) electrons. The molecule has 2 rings (SSSR count). The minimum absolute atomic E-state index is 0.00442. The first kappa shape index (κ1) is 10.6. The van der Waals surface area contributed by atoms with Crippen molar-refractivity contribution in [3.05, 3.63) is 11.8 Å². The van der Waals surface area contributed by atoms with E-state index in [1.54, 1.807) is 0 Å². The molecule has 1 fully saturated rings. The quantitative estimate of drug-likeness (QED) is 0.439. The molecule has 0 saturated carbocycles. The number of carbonyl (C=O) groups is 1. The van der Waals surface area contributed by atoms with Crippen molar-refractivity contribution in [2.24, 2.45) is 5.84 Å². The van der Waals surface area contributed by atoms with Crippen LogP contribution in [0, 0.1) is 6.92 Å². The molecule has 0 spiro atoms. The van der Waals surface area contributed by atoms with Crippen LogP contribution in [0.5, 0.6) is 0 Å². The Morgan fingerprint density at radius 1 is 1.56 bits per heavy atom. The van der Waals surface area contributed by atoms with Crippen LogP contribution in [-0.2, 0) is 4.79 Å². The summed E-state index contributed by atoms with van der Waals surface area (Å²) in [6.45, 7) is 3.55. The summed E-state index contributed by atoms with van der Waals surface area (Å²) >= 11 is 0. The summed E-state index contributed by atoms with van der Waals surface area (Å²) in [5.74, 6) is 6.36. The third-order valence-electron chi connectivity index (χ3n) is 2.33. The molecule has 0 atom stereocenters. The first-order chi connectivity index (χ1) is 7.69. The van der Waals surface area contributed by atoms with Gasteiger partial charge in [-0.3, -0.25) is 10.2 Å². The molecule has 0 bridgehead atoms. The molecule has 7 nitrogen and oxygen atoms in total. The van der Waals surface area contributed by atoms with E-state index in [0.29, 0.717) is 19.0 Å². The number of amides is 1. The number of aryl methyl sites for hydroxylation is 1. The monoisotopic (exact) mass is 222 g/mol. The Labute approximate surface area is 93.0 Å². The highest BCUT2D eigenvalue weighted by atomic mass is 16.2. The number of nitrogens with zero attached hydrogens (tertiary/aromatic N) is 3. The fourth-order valence-corrected chi connectivity index (χ4v) is 1.61. The van der Waals surface area contributed by atoms with Gasteiger partial charge in [-0.25, -0.2) is 10.8 Å². The van der Waals surface area contributed by atoms with Crippen LogP contribution in [0.4, 0.5) is 11.8 Å². The van der Waals surface area contributed by atoms with Gasteiger partial charge in [0.25, 0.3) is 0 Å². The van der Waals surface area contributed by atoms with Gasteiger partial charge in [0, 0.05) is 24.8 Å². The number of hydrogen-bond donors (Lipinski definition) is 3. The molecule has 7 heteroatoms. The lowest BCUT2D eigenvalue weighted by molar-refractivity contribution is -0.120. The van der Waals surface area contributed by atoms with Crippen LogP contribution >= 0.6 is 0 Å². The molecular weight excluding hydrogens is 208 g/mol. The topological polar surface area (TPSA) is 96.2 Å². The second-order valence-electron chi connectivity index (χ2n) is 3.61. The molecule has 1 aliphatic rings. The van der Waals surface area contributed by atoms with Crippen LogP contribution in [0.15, 0.2) is 6.07 Å². The van der Waals surface area contributed by atoms with Gasteiger partial charge in [0.1, 0.15) is 5.82 Å². The van der Waals surface area contributed by atoms with Crippen molar-refractivity contribution in [2.75, 3.05) is 30.0 Å². The number of nitrogens with one attached hydrogen (secondary N) is 2. The zero-order valence-corrected chi connectivity index (χ0v) is 9.03. The van der Waals surface area contributed by atoms with Gasteiger partial charge >= 0.3 is 0 Å². The zero-order valence-electron chi connectivity index (χ0n) is 9.03.